The molecule has 0 saturated heterocycles. The molecule has 0 aliphatic rings. The van der Waals surface area contributed by atoms with Gasteiger partial charge in [-0.1, -0.05) is 48.5 Å². The van der Waals surface area contributed by atoms with E-state index in [1.54, 1.807) is 0 Å². The molecule has 0 aliphatic carbocycles. The number of rotatable bonds is 2. The van der Waals surface area contributed by atoms with Gasteiger partial charge in [0.15, 0.2) is 0 Å². The molecule has 0 amide bonds. The quantitative estimate of drug-likeness (QED) is 0.749. The molecule has 0 aliphatic heterocycles. The molecule has 2 rings (SSSR count). The van der Waals surface area contributed by atoms with Crippen LogP contribution >= 0.6 is 15.9 Å². The second-order valence-corrected chi connectivity index (χ2v) is 3.91. The molecule has 2 heteroatoms. The maximum Gasteiger partial charge on any atom is 0.228 e. The Kier molecular flexibility index (Phi) is 2.97. The fourth-order valence-electron chi connectivity index (χ4n) is 1.52. The zero-order valence-corrected chi connectivity index (χ0v) is 9.57. The third-order valence-corrected chi connectivity index (χ3v) is 2.65. The molecule has 0 N–H and O–H groups in total. The first-order valence-corrected chi connectivity index (χ1v) is 5.42. The predicted molar refractivity (Wildman–Crippen MR) is 65.1 cm³/mol. The van der Waals surface area contributed by atoms with Crippen LogP contribution in [0.2, 0.25) is 0 Å². The van der Waals surface area contributed by atoms with Gasteiger partial charge in [0.2, 0.25) is 4.69 Å². The Hall–Kier alpha value is -1.41. The third kappa shape index (κ3) is 2.16. The first-order valence-electron chi connectivity index (χ1n) is 4.63. The summed E-state index contributed by atoms with van der Waals surface area (Å²) in [6, 6.07) is 17.4. The summed E-state index contributed by atoms with van der Waals surface area (Å²) in [4.78, 5) is 11.4. The molecule has 0 saturated carbocycles. The van der Waals surface area contributed by atoms with E-state index in [2.05, 4.69) is 15.9 Å². The van der Waals surface area contributed by atoms with Crippen LogP contribution in [0.5, 0.6) is 0 Å². The van der Waals surface area contributed by atoms with Crippen LogP contribution in [0.1, 0.15) is 10.4 Å². The Morgan fingerprint density at radius 1 is 0.867 bits per heavy atom. The standard InChI is InChI=1S/C13H9BrO/c14-13(15)12-9-5-4-8-11(12)10-6-2-1-3-7-10/h1-9H. The van der Waals surface area contributed by atoms with Gasteiger partial charge in [-0.25, -0.2) is 0 Å². The predicted octanol–water partition coefficient (Wildman–Crippen LogP) is 3.89. The summed E-state index contributed by atoms with van der Waals surface area (Å²) in [6.07, 6.45) is 0. The van der Waals surface area contributed by atoms with E-state index >= 15 is 0 Å². The lowest BCUT2D eigenvalue weighted by molar-refractivity contribution is 0.109. The molecular formula is C13H9BrO. The van der Waals surface area contributed by atoms with Crippen LogP contribution in [0.25, 0.3) is 11.1 Å². The molecule has 0 radical (unpaired) electrons. The molecule has 2 aromatic rings. The van der Waals surface area contributed by atoms with Crippen molar-refractivity contribution in [3.05, 3.63) is 60.2 Å². The van der Waals surface area contributed by atoms with Crippen molar-refractivity contribution in [3.63, 3.8) is 0 Å². The minimum absolute atomic E-state index is 0.0815. The van der Waals surface area contributed by atoms with Gasteiger partial charge in [0.05, 0.1) is 0 Å². The summed E-state index contributed by atoms with van der Waals surface area (Å²) < 4.78 is -0.0815. The zero-order chi connectivity index (χ0) is 10.7. The average molecular weight is 261 g/mol. The molecule has 0 aromatic heterocycles. The van der Waals surface area contributed by atoms with E-state index in [0.717, 1.165) is 11.1 Å². The van der Waals surface area contributed by atoms with Crippen molar-refractivity contribution in [1.82, 2.24) is 0 Å². The fourth-order valence-corrected chi connectivity index (χ4v) is 1.87. The Morgan fingerprint density at radius 2 is 1.47 bits per heavy atom. The van der Waals surface area contributed by atoms with Crippen molar-refractivity contribution in [3.8, 4) is 11.1 Å². The number of carbonyl (C=O) groups is 1. The Balaban J connectivity index is 2.58. The highest BCUT2D eigenvalue weighted by Gasteiger charge is 2.08. The van der Waals surface area contributed by atoms with Crippen LogP contribution in [0.4, 0.5) is 0 Å². The van der Waals surface area contributed by atoms with Gasteiger partial charge in [0, 0.05) is 5.56 Å². The molecule has 0 bridgehead atoms. The van der Waals surface area contributed by atoms with E-state index < -0.39 is 0 Å². The Morgan fingerprint density at radius 3 is 2.13 bits per heavy atom. The molecule has 0 fully saturated rings. The third-order valence-electron chi connectivity index (χ3n) is 2.22. The molecule has 2 aromatic carbocycles. The molecule has 1 nitrogen and oxygen atoms in total. The van der Waals surface area contributed by atoms with Gasteiger partial charge < -0.3 is 0 Å². The highest BCUT2D eigenvalue weighted by atomic mass is 79.9. The second kappa shape index (κ2) is 4.41. The topological polar surface area (TPSA) is 17.1 Å². The van der Waals surface area contributed by atoms with Gasteiger partial charge in [-0.05, 0) is 33.1 Å². The van der Waals surface area contributed by atoms with Crippen LogP contribution in [-0.4, -0.2) is 4.69 Å². The number of halogens is 1. The van der Waals surface area contributed by atoms with Gasteiger partial charge in [0.25, 0.3) is 0 Å². The minimum Gasteiger partial charge on any atom is -0.281 e. The number of hydrogen-bond donors (Lipinski definition) is 0. The lowest BCUT2D eigenvalue weighted by Crippen LogP contribution is -1.92. The van der Waals surface area contributed by atoms with Gasteiger partial charge in [-0.3, -0.25) is 4.79 Å². The first-order chi connectivity index (χ1) is 7.29. The SMILES string of the molecule is O=C(Br)c1ccccc1-c1ccccc1. The zero-order valence-electron chi connectivity index (χ0n) is 7.98. The van der Waals surface area contributed by atoms with Crippen LogP contribution < -0.4 is 0 Å². The second-order valence-electron chi connectivity index (χ2n) is 3.19. The lowest BCUT2D eigenvalue weighted by atomic mass is 10.0. The summed E-state index contributed by atoms with van der Waals surface area (Å²) in [5.41, 5.74) is 2.71. The van der Waals surface area contributed by atoms with E-state index in [9.17, 15) is 4.79 Å². The van der Waals surface area contributed by atoms with E-state index in [0.29, 0.717) is 5.56 Å². The van der Waals surface area contributed by atoms with Gasteiger partial charge in [-0.15, -0.1) is 0 Å². The van der Waals surface area contributed by atoms with Crippen LogP contribution in [0.3, 0.4) is 0 Å². The largest absolute Gasteiger partial charge is 0.281 e. The van der Waals surface area contributed by atoms with Crippen LogP contribution in [0, 0.1) is 0 Å². The van der Waals surface area contributed by atoms with E-state index in [-0.39, 0.29) is 4.69 Å². The molecule has 74 valence electrons. The average Bonchev–Trinajstić information content (AvgIpc) is 2.30. The number of benzene rings is 2. The monoisotopic (exact) mass is 260 g/mol. The van der Waals surface area contributed by atoms with Gasteiger partial charge in [0.1, 0.15) is 0 Å². The summed E-state index contributed by atoms with van der Waals surface area (Å²) in [5.74, 6) is 0. The molecule has 0 spiro atoms. The summed E-state index contributed by atoms with van der Waals surface area (Å²) in [7, 11) is 0. The van der Waals surface area contributed by atoms with E-state index in [4.69, 9.17) is 0 Å². The van der Waals surface area contributed by atoms with Gasteiger partial charge >= 0.3 is 0 Å². The van der Waals surface area contributed by atoms with Crippen molar-refractivity contribution in [2.75, 3.05) is 0 Å². The Labute approximate surface area is 96.9 Å². The van der Waals surface area contributed by atoms with Crippen molar-refractivity contribution in [2.45, 2.75) is 0 Å². The van der Waals surface area contributed by atoms with Crippen molar-refractivity contribution >= 4 is 20.6 Å². The number of carbonyl (C=O) groups excluding carboxylic acids is 1. The highest BCUT2D eigenvalue weighted by molar-refractivity contribution is 9.18. The summed E-state index contributed by atoms with van der Waals surface area (Å²) >= 11 is 2.99. The molecule has 0 atom stereocenters. The maximum atomic E-state index is 11.4. The minimum atomic E-state index is -0.0815. The Bertz CT molecular complexity index is 477. The summed E-state index contributed by atoms with van der Waals surface area (Å²) in [5, 5.41) is 0. The maximum absolute atomic E-state index is 11.4. The molecular weight excluding hydrogens is 252 g/mol. The summed E-state index contributed by atoms with van der Waals surface area (Å²) in [6.45, 7) is 0. The molecule has 0 unspecified atom stereocenters. The lowest BCUT2D eigenvalue weighted by Gasteiger charge is -2.05. The van der Waals surface area contributed by atoms with Crippen LogP contribution in [0.15, 0.2) is 54.6 Å². The fraction of sp³-hybridized carbons (Fsp3) is 0. The molecule has 0 heterocycles. The van der Waals surface area contributed by atoms with Crippen molar-refractivity contribution in [1.29, 1.82) is 0 Å². The molecule has 15 heavy (non-hydrogen) atoms. The first kappa shape index (κ1) is 10.1. The van der Waals surface area contributed by atoms with Gasteiger partial charge in [-0.2, -0.15) is 0 Å². The number of hydrogen-bond acceptors (Lipinski definition) is 1. The smallest absolute Gasteiger partial charge is 0.228 e. The normalized spacial score (nSPS) is 9.93. The van der Waals surface area contributed by atoms with Crippen LogP contribution in [-0.2, 0) is 0 Å². The van der Waals surface area contributed by atoms with E-state index in [1.807, 2.05) is 54.6 Å². The van der Waals surface area contributed by atoms with Crippen molar-refractivity contribution < 1.29 is 4.79 Å². The van der Waals surface area contributed by atoms with E-state index in [1.165, 1.54) is 0 Å². The highest BCUT2D eigenvalue weighted by Crippen LogP contribution is 2.24. The van der Waals surface area contributed by atoms with Crippen molar-refractivity contribution in [2.24, 2.45) is 0 Å².